The van der Waals surface area contributed by atoms with Gasteiger partial charge in [0, 0.05) is 6.04 Å². The molecule has 0 heterocycles. The zero-order valence-electron chi connectivity index (χ0n) is 9.56. The van der Waals surface area contributed by atoms with Gasteiger partial charge >= 0.3 is 0 Å². The van der Waals surface area contributed by atoms with Gasteiger partial charge in [-0.2, -0.15) is 0 Å². The maximum Gasteiger partial charge on any atom is 0.00773 e. The lowest BCUT2D eigenvalue weighted by atomic mass is 9.65. The summed E-state index contributed by atoms with van der Waals surface area (Å²) in [6, 6.07) is 0.803. The molecule has 13 heavy (non-hydrogen) atoms. The first kappa shape index (κ1) is 11.0. The number of hydrogen-bond acceptors (Lipinski definition) is 2. The van der Waals surface area contributed by atoms with Gasteiger partial charge in [-0.05, 0) is 51.9 Å². The van der Waals surface area contributed by atoms with E-state index in [9.17, 15) is 0 Å². The average Bonchev–Trinajstić information content (AvgIpc) is 1.99. The Balaban J connectivity index is 2.14. The van der Waals surface area contributed by atoms with Crippen molar-refractivity contribution >= 4 is 0 Å². The molecule has 2 heteroatoms. The summed E-state index contributed by atoms with van der Waals surface area (Å²) in [6.45, 7) is 6.96. The fraction of sp³-hybridized carbons (Fsp3) is 1.00. The average molecular weight is 184 g/mol. The lowest BCUT2D eigenvalue weighted by Crippen LogP contribution is -2.48. The van der Waals surface area contributed by atoms with Crippen LogP contribution in [0.5, 0.6) is 0 Å². The predicted molar refractivity (Wildman–Crippen MR) is 58.0 cm³/mol. The predicted octanol–water partition coefficient (Wildman–Crippen LogP) is 1.72. The second-order valence-corrected chi connectivity index (χ2v) is 5.03. The monoisotopic (exact) mass is 184 g/mol. The van der Waals surface area contributed by atoms with Gasteiger partial charge in [-0.3, -0.25) is 0 Å². The molecule has 1 saturated carbocycles. The second kappa shape index (κ2) is 4.43. The molecule has 1 fully saturated rings. The van der Waals surface area contributed by atoms with Crippen molar-refractivity contribution in [2.75, 3.05) is 27.2 Å². The Morgan fingerprint density at radius 3 is 2.46 bits per heavy atom. The van der Waals surface area contributed by atoms with E-state index in [-0.39, 0.29) is 0 Å². The maximum absolute atomic E-state index is 3.51. The van der Waals surface area contributed by atoms with Crippen LogP contribution in [0.1, 0.15) is 33.1 Å². The molecule has 1 rings (SSSR count). The van der Waals surface area contributed by atoms with E-state index in [1.54, 1.807) is 0 Å². The zero-order chi connectivity index (χ0) is 9.90. The molecule has 0 spiro atoms. The van der Waals surface area contributed by atoms with Crippen LogP contribution in [-0.2, 0) is 0 Å². The van der Waals surface area contributed by atoms with Gasteiger partial charge in [0.2, 0.25) is 0 Å². The van der Waals surface area contributed by atoms with Crippen molar-refractivity contribution < 1.29 is 0 Å². The molecule has 0 atom stereocenters. The van der Waals surface area contributed by atoms with Crippen molar-refractivity contribution in [3.63, 3.8) is 0 Å². The quantitative estimate of drug-likeness (QED) is 0.700. The van der Waals surface area contributed by atoms with Crippen LogP contribution >= 0.6 is 0 Å². The third kappa shape index (κ3) is 3.28. The number of nitrogens with zero attached hydrogens (tertiary/aromatic N) is 1. The van der Waals surface area contributed by atoms with E-state index in [1.807, 2.05) is 0 Å². The summed E-state index contributed by atoms with van der Waals surface area (Å²) in [6.07, 6.45) is 4.09. The Kier molecular flexibility index (Phi) is 3.74. The molecular weight excluding hydrogens is 160 g/mol. The topological polar surface area (TPSA) is 15.3 Å². The van der Waals surface area contributed by atoms with Crippen molar-refractivity contribution in [2.45, 2.75) is 39.2 Å². The Labute approximate surface area is 82.7 Å². The Morgan fingerprint density at radius 1 is 1.38 bits per heavy atom. The van der Waals surface area contributed by atoms with E-state index in [0.29, 0.717) is 5.41 Å². The molecule has 1 aliphatic rings. The molecule has 0 radical (unpaired) electrons. The fourth-order valence-electron chi connectivity index (χ4n) is 2.26. The van der Waals surface area contributed by atoms with Gasteiger partial charge < -0.3 is 10.2 Å². The van der Waals surface area contributed by atoms with E-state index in [4.69, 9.17) is 0 Å². The minimum absolute atomic E-state index is 0.622. The first-order valence-electron chi connectivity index (χ1n) is 5.44. The molecule has 0 aromatic heterocycles. The highest BCUT2D eigenvalue weighted by atomic mass is 15.1. The summed E-state index contributed by atoms with van der Waals surface area (Å²) in [5.74, 6) is 0. The van der Waals surface area contributed by atoms with Crippen LogP contribution in [0.25, 0.3) is 0 Å². The fourth-order valence-corrected chi connectivity index (χ4v) is 2.26. The van der Waals surface area contributed by atoms with Crippen LogP contribution < -0.4 is 5.32 Å². The smallest absolute Gasteiger partial charge is 0.00773 e. The van der Waals surface area contributed by atoms with Gasteiger partial charge in [0.15, 0.2) is 0 Å². The molecule has 0 bridgehead atoms. The lowest BCUT2D eigenvalue weighted by Gasteiger charge is -2.46. The Hall–Kier alpha value is -0.0800. The molecule has 0 unspecified atom stereocenters. The van der Waals surface area contributed by atoms with Gasteiger partial charge in [0.05, 0.1) is 0 Å². The highest BCUT2D eigenvalue weighted by molar-refractivity contribution is 4.94. The van der Waals surface area contributed by atoms with Crippen molar-refractivity contribution in [3.8, 4) is 0 Å². The van der Waals surface area contributed by atoms with Gasteiger partial charge in [-0.25, -0.2) is 0 Å². The summed E-state index contributed by atoms with van der Waals surface area (Å²) in [5.41, 5.74) is 0.622. The second-order valence-electron chi connectivity index (χ2n) is 5.03. The third-order valence-electron chi connectivity index (χ3n) is 3.13. The first-order chi connectivity index (χ1) is 6.06. The van der Waals surface area contributed by atoms with Crippen LogP contribution in [0.3, 0.4) is 0 Å². The van der Waals surface area contributed by atoms with Crippen molar-refractivity contribution in [3.05, 3.63) is 0 Å². The zero-order valence-corrected chi connectivity index (χ0v) is 9.56. The molecule has 1 N–H and O–H groups in total. The molecule has 1 aliphatic carbocycles. The van der Waals surface area contributed by atoms with Crippen LogP contribution in [0.4, 0.5) is 0 Å². The van der Waals surface area contributed by atoms with Gasteiger partial charge in [-0.1, -0.05) is 13.8 Å². The van der Waals surface area contributed by atoms with Gasteiger partial charge in [0.1, 0.15) is 0 Å². The Morgan fingerprint density at radius 2 is 2.00 bits per heavy atom. The molecule has 0 amide bonds. The molecule has 0 aromatic rings. The third-order valence-corrected chi connectivity index (χ3v) is 3.13. The Bertz CT molecular complexity index is 148. The van der Waals surface area contributed by atoms with Gasteiger partial charge in [0.25, 0.3) is 0 Å². The minimum Gasteiger partial charge on any atom is -0.314 e. The SMILES string of the molecule is CCNC1CC(C)(CCN(C)C)C1. The van der Waals surface area contributed by atoms with Crippen LogP contribution in [0, 0.1) is 5.41 Å². The van der Waals surface area contributed by atoms with E-state index >= 15 is 0 Å². The molecule has 0 aliphatic heterocycles. The molecule has 0 aromatic carbocycles. The standard InChI is InChI=1S/C11H24N2/c1-5-12-10-8-11(2,9-10)6-7-13(3)4/h10,12H,5-9H2,1-4H3. The van der Waals surface area contributed by atoms with Crippen molar-refractivity contribution in [1.29, 1.82) is 0 Å². The van der Waals surface area contributed by atoms with E-state index in [0.717, 1.165) is 12.6 Å². The highest BCUT2D eigenvalue weighted by Gasteiger charge is 2.38. The molecule has 0 saturated heterocycles. The van der Waals surface area contributed by atoms with Gasteiger partial charge in [-0.15, -0.1) is 0 Å². The number of hydrogen-bond donors (Lipinski definition) is 1. The first-order valence-corrected chi connectivity index (χ1v) is 5.44. The molecular formula is C11H24N2. The highest BCUT2D eigenvalue weighted by Crippen LogP contribution is 2.43. The number of nitrogens with one attached hydrogen (secondary N) is 1. The van der Waals surface area contributed by atoms with E-state index in [2.05, 4.69) is 38.2 Å². The summed E-state index contributed by atoms with van der Waals surface area (Å²) < 4.78 is 0. The largest absolute Gasteiger partial charge is 0.314 e. The summed E-state index contributed by atoms with van der Waals surface area (Å²) >= 11 is 0. The van der Waals surface area contributed by atoms with Crippen molar-refractivity contribution in [1.82, 2.24) is 10.2 Å². The van der Waals surface area contributed by atoms with Crippen LogP contribution in [0.15, 0.2) is 0 Å². The van der Waals surface area contributed by atoms with E-state index in [1.165, 1.54) is 25.8 Å². The minimum atomic E-state index is 0.622. The number of rotatable bonds is 5. The van der Waals surface area contributed by atoms with E-state index < -0.39 is 0 Å². The summed E-state index contributed by atoms with van der Waals surface area (Å²) in [7, 11) is 4.31. The lowest BCUT2D eigenvalue weighted by molar-refractivity contribution is 0.0844. The molecule has 78 valence electrons. The summed E-state index contributed by atoms with van der Waals surface area (Å²) in [5, 5.41) is 3.51. The maximum atomic E-state index is 3.51. The normalized spacial score (nSPS) is 33.5. The molecule has 2 nitrogen and oxygen atoms in total. The van der Waals surface area contributed by atoms with Crippen molar-refractivity contribution in [2.24, 2.45) is 5.41 Å². The van der Waals surface area contributed by atoms with Crippen LogP contribution in [-0.4, -0.2) is 38.1 Å². The van der Waals surface area contributed by atoms with Crippen LogP contribution in [0.2, 0.25) is 0 Å². The summed E-state index contributed by atoms with van der Waals surface area (Å²) in [4.78, 5) is 2.28.